The fraction of sp³-hybridized carbons (Fsp3) is 0.364. The lowest BCUT2D eigenvalue weighted by molar-refractivity contribution is 0.577. The Morgan fingerprint density at radius 1 is 1.62 bits per heavy atom. The van der Waals surface area contributed by atoms with Crippen LogP contribution in [0.1, 0.15) is 19.3 Å². The zero-order chi connectivity index (χ0) is 9.10. The van der Waals surface area contributed by atoms with Crippen LogP contribution in [0.25, 0.3) is 0 Å². The molecule has 2 aliphatic rings. The quantitative estimate of drug-likeness (QED) is 0.605. The molecule has 0 spiro atoms. The van der Waals surface area contributed by atoms with Gasteiger partial charge >= 0.3 is 0 Å². The largest absolute Gasteiger partial charge is 0.379 e. The van der Waals surface area contributed by atoms with E-state index in [0.29, 0.717) is 6.04 Å². The second-order valence-corrected chi connectivity index (χ2v) is 3.39. The van der Waals surface area contributed by atoms with Gasteiger partial charge < -0.3 is 5.32 Å². The molecule has 68 valence electrons. The molecular weight excluding hydrogens is 160 g/mol. The molecule has 2 rings (SSSR count). The normalized spacial score (nSPS) is 26.3. The highest BCUT2D eigenvalue weighted by molar-refractivity contribution is 5.64. The summed E-state index contributed by atoms with van der Waals surface area (Å²) in [6, 6.07) is 0.432. The molecule has 0 saturated carbocycles. The first-order valence-corrected chi connectivity index (χ1v) is 4.69. The first-order valence-electron chi connectivity index (χ1n) is 4.69. The maximum Gasteiger partial charge on any atom is 0.0444 e. The summed E-state index contributed by atoms with van der Waals surface area (Å²) in [4.78, 5) is 4.13. The monoisotopic (exact) mass is 174 g/mol. The molecule has 2 heterocycles. The van der Waals surface area contributed by atoms with Gasteiger partial charge in [0.25, 0.3) is 0 Å². The van der Waals surface area contributed by atoms with E-state index in [4.69, 9.17) is 0 Å². The summed E-state index contributed by atoms with van der Waals surface area (Å²) in [5, 5.41) is 3.44. The molecule has 0 amide bonds. The minimum absolute atomic E-state index is 0.432. The summed E-state index contributed by atoms with van der Waals surface area (Å²) >= 11 is 0. The Bertz CT molecular complexity index is 297. The van der Waals surface area contributed by atoms with Gasteiger partial charge in [0.1, 0.15) is 0 Å². The fourth-order valence-corrected chi connectivity index (χ4v) is 1.73. The van der Waals surface area contributed by atoms with Crippen molar-refractivity contribution in [3.63, 3.8) is 0 Å². The molecule has 0 saturated heterocycles. The Balaban J connectivity index is 2.20. The van der Waals surface area contributed by atoms with Crippen molar-refractivity contribution in [3.05, 3.63) is 36.2 Å². The van der Waals surface area contributed by atoms with Crippen LogP contribution in [-0.2, 0) is 0 Å². The van der Waals surface area contributed by atoms with Gasteiger partial charge in [0, 0.05) is 30.6 Å². The van der Waals surface area contributed by atoms with E-state index in [2.05, 4.69) is 23.0 Å². The molecule has 0 radical (unpaired) electrons. The molecule has 0 aliphatic carbocycles. The minimum Gasteiger partial charge on any atom is -0.379 e. The molecule has 0 aromatic carbocycles. The lowest BCUT2D eigenvalue weighted by Crippen LogP contribution is -2.30. The predicted molar refractivity (Wildman–Crippen MR) is 55.6 cm³/mol. The van der Waals surface area contributed by atoms with Crippen molar-refractivity contribution in [1.82, 2.24) is 5.32 Å². The molecule has 0 fully saturated rings. The van der Waals surface area contributed by atoms with Gasteiger partial charge in [0.2, 0.25) is 0 Å². The molecule has 1 unspecified atom stereocenters. The number of hydrogen-bond donors (Lipinski definition) is 1. The molecular formula is C11H14N2. The van der Waals surface area contributed by atoms with E-state index in [0.717, 1.165) is 19.3 Å². The van der Waals surface area contributed by atoms with Gasteiger partial charge in [-0.2, -0.15) is 0 Å². The van der Waals surface area contributed by atoms with Crippen LogP contribution in [-0.4, -0.2) is 12.3 Å². The van der Waals surface area contributed by atoms with Crippen LogP contribution in [0.4, 0.5) is 0 Å². The van der Waals surface area contributed by atoms with Gasteiger partial charge in [0.05, 0.1) is 0 Å². The topological polar surface area (TPSA) is 24.4 Å². The second-order valence-electron chi connectivity index (χ2n) is 3.39. The maximum absolute atomic E-state index is 4.13. The highest BCUT2D eigenvalue weighted by atomic mass is 14.9. The van der Waals surface area contributed by atoms with Gasteiger partial charge in [-0.15, -0.1) is 6.58 Å². The van der Waals surface area contributed by atoms with Crippen LogP contribution in [0, 0.1) is 0 Å². The summed E-state index contributed by atoms with van der Waals surface area (Å²) in [6.45, 7) is 3.80. The molecule has 2 aliphatic heterocycles. The average molecular weight is 174 g/mol. The summed E-state index contributed by atoms with van der Waals surface area (Å²) in [6.07, 6.45) is 11.1. The van der Waals surface area contributed by atoms with Gasteiger partial charge in [0.15, 0.2) is 0 Å². The highest BCUT2D eigenvalue weighted by Gasteiger charge is 2.16. The van der Waals surface area contributed by atoms with E-state index < -0.39 is 0 Å². The molecule has 0 bridgehead atoms. The third kappa shape index (κ3) is 1.72. The van der Waals surface area contributed by atoms with Gasteiger partial charge in [-0.25, -0.2) is 0 Å². The van der Waals surface area contributed by atoms with Gasteiger partial charge in [-0.3, -0.25) is 4.99 Å². The van der Waals surface area contributed by atoms with Crippen LogP contribution in [0.2, 0.25) is 0 Å². The average Bonchev–Trinajstić information content (AvgIpc) is 2.41. The number of rotatable bonds is 1. The lowest BCUT2D eigenvalue weighted by atomic mass is 9.96. The molecule has 0 aromatic rings. The molecule has 13 heavy (non-hydrogen) atoms. The SMILES string of the molecule is C=CC1CCC2=C(C=CN=CC2)N1. The number of allylic oxidation sites excluding steroid dienone is 2. The highest BCUT2D eigenvalue weighted by Crippen LogP contribution is 2.22. The molecule has 2 heteroatoms. The van der Waals surface area contributed by atoms with Crippen molar-refractivity contribution < 1.29 is 0 Å². The van der Waals surface area contributed by atoms with Crippen LogP contribution in [0.15, 0.2) is 41.2 Å². The molecule has 1 N–H and O–H groups in total. The van der Waals surface area contributed by atoms with Crippen molar-refractivity contribution >= 4 is 6.21 Å². The Morgan fingerprint density at radius 2 is 2.54 bits per heavy atom. The first kappa shape index (κ1) is 8.30. The predicted octanol–water partition coefficient (Wildman–Crippen LogP) is 2.17. The zero-order valence-electron chi connectivity index (χ0n) is 7.66. The fourth-order valence-electron chi connectivity index (χ4n) is 1.73. The summed E-state index contributed by atoms with van der Waals surface area (Å²) in [5.74, 6) is 0. The Labute approximate surface area is 78.8 Å². The van der Waals surface area contributed by atoms with E-state index in [9.17, 15) is 0 Å². The van der Waals surface area contributed by atoms with Crippen molar-refractivity contribution in [2.45, 2.75) is 25.3 Å². The van der Waals surface area contributed by atoms with Crippen LogP contribution >= 0.6 is 0 Å². The molecule has 2 nitrogen and oxygen atoms in total. The van der Waals surface area contributed by atoms with Crippen LogP contribution in [0.5, 0.6) is 0 Å². The first-order chi connectivity index (χ1) is 6.40. The number of aliphatic imine (C=N–C) groups is 1. The number of hydrogen-bond acceptors (Lipinski definition) is 2. The Kier molecular flexibility index (Phi) is 2.30. The van der Waals surface area contributed by atoms with Gasteiger partial charge in [-0.1, -0.05) is 6.08 Å². The number of nitrogens with one attached hydrogen (secondary N) is 1. The van der Waals surface area contributed by atoms with Crippen molar-refractivity contribution in [2.24, 2.45) is 4.99 Å². The summed E-state index contributed by atoms with van der Waals surface area (Å²) in [7, 11) is 0. The van der Waals surface area contributed by atoms with Crippen LogP contribution in [0.3, 0.4) is 0 Å². The third-order valence-corrected chi connectivity index (χ3v) is 2.53. The summed E-state index contributed by atoms with van der Waals surface area (Å²) in [5.41, 5.74) is 2.71. The van der Waals surface area contributed by atoms with Crippen molar-refractivity contribution in [1.29, 1.82) is 0 Å². The Hall–Kier alpha value is -1.31. The molecule has 1 atom stereocenters. The second kappa shape index (κ2) is 3.60. The van der Waals surface area contributed by atoms with E-state index in [-0.39, 0.29) is 0 Å². The zero-order valence-corrected chi connectivity index (χ0v) is 7.66. The Morgan fingerprint density at radius 3 is 3.38 bits per heavy atom. The van der Waals surface area contributed by atoms with Crippen LogP contribution < -0.4 is 5.32 Å². The van der Waals surface area contributed by atoms with Gasteiger partial charge in [-0.05, 0) is 24.5 Å². The van der Waals surface area contributed by atoms with E-state index >= 15 is 0 Å². The van der Waals surface area contributed by atoms with E-state index in [1.165, 1.54) is 11.3 Å². The standard InChI is InChI=1S/C11H14N2/c1-2-10-4-3-9-5-7-12-8-6-11(9)13-10/h2,6-8,10,13H,1,3-5H2. The summed E-state index contributed by atoms with van der Waals surface area (Å²) < 4.78 is 0. The number of nitrogens with zero attached hydrogens (tertiary/aromatic N) is 1. The van der Waals surface area contributed by atoms with Crippen molar-refractivity contribution in [2.75, 3.05) is 0 Å². The molecule has 0 aromatic heterocycles. The third-order valence-electron chi connectivity index (χ3n) is 2.53. The van der Waals surface area contributed by atoms with E-state index in [1.54, 1.807) is 0 Å². The lowest BCUT2D eigenvalue weighted by Gasteiger charge is -2.25. The smallest absolute Gasteiger partial charge is 0.0444 e. The maximum atomic E-state index is 4.13. The van der Waals surface area contributed by atoms with E-state index in [1.807, 2.05) is 18.5 Å². The van der Waals surface area contributed by atoms with Crippen molar-refractivity contribution in [3.8, 4) is 0 Å². The minimum atomic E-state index is 0.432.